The van der Waals surface area contributed by atoms with E-state index in [0.717, 1.165) is 32.1 Å². The molecule has 3 amide bonds. The van der Waals surface area contributed by atoms with Gasteiger partial charge in [-0.15, -0.1) is 0 Å². The normalized spacial score (nSPS) is 20.9. The van der Waals surface area contributed by atoms with Crippen molar-refractivity contribution in [2.24, 2.45) is 11.5 Å². The molecule has 11 nitrogen and oxygen atoms in total. The molecule has 2 aliphatic rings. The predicted molar refractivity (Wildman–Crippen MR) is 156 cm³/mol. The lowest BCUT2D eigenvalue weighted by atomic mass is 9.90. The molecule has 40 heavy (non-hydrogen) atoms. The van der Waals surface area contributed by atoms with Gasteiger partial charge in [0.25, 0.3) is 0 Å². The first-order chi connectivity index (χ1) is 18.9. The molecular weight excluding hydrogens is 508 g/mol. The SMILES string of the molecule is CC(Cc1ccc(-n2ccc(NC(=O)N3CCN(C(=O)C(C)(C)N)CC3)nc2=O)cc1)N(C)[C@H]1CC[C@@H](N)CC1. The summed E-state index contributed by atoms with van der Waals surface area (Å²) in [6.07, 6.45) is 7.02. The van der Waals surface area contributed by atoms with Crippen LogP contribution in [0, 0.1) is 0 Å². The lowest BCUT2D eigenvalue weighted by Gasteiger charge is -2.37. The molecule has 0 bridgehead atoms. The van der Waals surface area contributed by atoms with Crippen molar-refractivity contribution in [3.63, 3.8) is 0 Å². The summed E-state index contributed by atoms with van der Waals surface area (Å²) in [6.45, 7) is 7.16. The van der Waals surface area contributed by atoms with E-state index in [0.29, 0.717) is 50.0 Å². The molecular formula is C29H44N8O3. The standard InChI is InChI=1S/C29H44N8O3/c1-20(34(4)23-11-7-22(30)8-12-23)19-21-5-9-24(10-6-21)37-14-13-25(33-28(37)40)32-27(39)36-17-15-35(16-18-36)26(38)29(2,3)31/h5-6,9-10,13-14,20,22-23H,7-8,11-12,15-19,30-31H2,1-4H3,(H,32,33,39,40)/t20?,22-,23+. The molecule has 1 unspecified atom stereocenters. The zero-order chi connectivity index (χ0) is 29.0. The first kappa shape index (κ1) is 29.7. The van der Waals surface area contributed by atoms with Crippen molar-refractivity contribution in [1.82, 2.24) is 24.3 Å². The number of likely N-dealkylation sites (N-methyl/N-ethyl adjacent to an activating group) is 1. The number of hydrogen-bond acceptors (Lipinski definition) is 7. The first-order valence-electron chi connectivity index (χ1n) is 14.2. The summed E-state index contributed by atoms with van der Waals surface area (Å²) in [7, 11) is 2.20. The fourth-order valence-electron chi connectivity index (χ4n) is 5.52. The van der Waals surface area contributed by atoms with Gasteiger partial charge in [-0.3, -0.25) is 14.7 Å². The monoisotopic (exact) mass is 552 g/mol. The van der Waals surface area contributed by atoms with E-state index in [1.807, 2.05) is 12.1 Å². The highest BCUT2D eigenvalue weighted by Crippen LogP contribution is 2.24. The zero-order valence-corrected chi connectivity index (χ0v) is 24.2. The van der Waals surface area contributed by atoms with E-state index in [1.54, 1.807) is 35.9 Å². The molecule has 11 heteroatoms. The molecule has 1 atom stereocenters. The van der Waals surface area contributed by atoms with Gasteiger partial charge in [-0.05, 0) is 83.7 Å². The number of aromatic nitrogens is 2. The Kier molecular flexibility index (Phi) is 9.27. The number of amides is 3. The number of nitrogens with two attached hydrogens (primary N) is 2. The molecule has 1 saturated heterocycles. The Morgan fingerprint density at radius 1 is 1.05 bits per heavy atom. The van der Waals surface area contributed by atoms with E-state index < -0.39 is 11.2 Å². The van der Waals surface area contributed by atoms with Gasteiger partial charge in [-0.25, -0.2) is 9.59 Å². The summed E-state index contributed by atoms with van der Waals surface area (Å²) in [5.74, 6) is 0.0442. The van der Waals surface area contributed by atoms with E-state index in [-0.39, 0.29) is 17.8 Å². The number of carbonyl (C=O) groups is 2. The molecule has 5 N–H and O–H groups in total. The molecule has 1 aromatic carbocycles. The number of hydrogen-bond donors (Lipinski definition) is 3. The third-order valence-corrected chi connectivity index (χ3v) is 8.20. The maximum absolute atomic E-state index is 12.8. The summed E-state index contributed by atoms with van der Waals surface area (Å²) < 4.78 is 1.46. The molecule has 1 saturated carbocycles. The molecule has 1 aliphatic heterocycles. The molecule has 2 aromatic rings. The van der Waals surface area contributed by atoms with Crippen LogP contribution < -0.4 is 22.5 Å². The minimum Gasteiger partial charge on any atom is -0.338 e. The fourth-order valence-corrected chi connectivity index (χ4v) is 5.52. The van der Waals surface area contributed by atoms with Gasteiger partial charge in [0.2, 0.25) is 5.91 Å². The molecule has 1 aromatic heterocycles. The van der Waals surface area contributed by atoms with Gasteiger partial charge in [0.1, 0.15) is 5.82 Å². The number of piperazine rings is 1. The van der Waals surface area contributed by atoms with Crippen molar-refractivity contribution in [3.8, 4) is 5.69 Å². The summed E-state index contributed by atoms with van der Waals surface area (Å²) in [4.78, 5) is 47.7. The quantitative estimate of drug-likeness (QED) is 0.475. The van der Waals surface area contributed by atoms with Gasteiger partial charge in [0, 0.05) is 50.5 Å². The predicted octanol–water partition coefficient (Wildman–Crippen LogP) is 1.78. The van der Waals surface area contributed by atoms with Crippen LogP contribution in [0.3, 0.4) is 0 Å². The third kappa shape index (κ3) is 7.26. The van der Waals surface area contributed by atoms with Crippen LogP contribution in [0.25, 0.3) is 5.69 Å². The van der Waals surface area contributed by atoms with E-state index >= 15 is 0 Å². The minimum atomic E-state index is -0.947. The maximum atomic E-state index is 12.8. The Balaban J connectivity index is 1.31. The number of benzene rings is 1. The second kappa shape index (κ2) is 12.5. The van der Waals surface area contributed by atoms with Crippen LogP contribution in [-0.2, 0) is 11.2 Å². The number of nitrogens with zero attached hydrogens (tertiary/aromatic N) is 5. The smallest absolute Gasteiger partial charge is 0.338 e. The van der Waals surface area contributed by atoms with E-state index in [9.17, 15) is 14.4 Å². The second-order valence-corrected chi connectivity index (χ2v) is 11.9. The number of anilines is 1. The Morgan fingerprint density at radius 2 is 1.65 bits per heavy atom. The summed E-state index contributed by atoms with van der Waals surface area (Å²) in [6, 6.07) is 10.5. The Hall–Kier alpha value is -3.28. The van der Waals surface area contributed by atoms with E-state index in [4.69, 9.17) is 11.5 Å². The zero-order valence-electron chi connectivity index (χ0n) is 24.2. The Labute approximate surface area is 236 Å². The van der Waals surface area contributed by atoms with Crippen LogP contribution in [-0.4, -0.2) is 93.1 Å². The van der Waals surface area contributed by atoms with Crippen molar-refractivity contribution < 1.29 is 9.59 Å². The van der Waals surface area contributed by atoms with Crippen molar-refractivity contribution in [2.45, 2.75) is 76.5 Å². The topological polar surface area (TPSA) is 143 Å². The summed E-state index contributed by atoms with van der Waals surface area (Å²) in [5.41, 5.74) is 12.5. The molecule has 2 heterocycles. The summed E-state index contributed by atoms with van der Waals surface area (Å²) >= 11 is 0. The minimum absolute atomic E-state index is 0.141. The molecule has 218 valence electrons. The number of carbonyl (C=O) groups excluding carboxylic acids is 2. The Bertz CT molecular complexity index is 1220. The van der Waals surface area contributed by atoms with Crippen LogP contribution in [0.2, 0.25) is 0 Å². The lowest BCUT2D eigenvalue weighted by molar-refractivity contribution is -0.137. The van der Waals surface area contributed by atoms with Crippen LogP contribution in [0.15, 0.2) is 41.3 Å². The van der Waals surface area contributed by atoms with Crippen molar-refractivity contribution in [1.29, 1.82) is 0 Å². The van der Waals surface area contributed by atoms with Gasteiger partial charge in [-0.2, -0.15) is 4.98 Å². The van der Waals surface area contributed by atoms with E-state index in [1.165, 1.54) is 10.1 Å². The number of urea groups is 1. The Morgan fingerprint density at radius 3 is 2.23 bits per heavy atom. The highest BCUT2D eigenvalue weighted by molar-refractivity contribution is 5.89. The fraction of sp³-hybridized carbons (Fsp3) is 0.586. The van der Waals surface area contributed by atoms with Crippen LogP contribution in [0.5, 0.6) is 0 Å². The lowest BCUT2D eigenvalue weighted by Crippen LogP contribution is -2.58. The van der Waals surface area contributed by atoms with Crippen molar-refractivity contribution in [2.75, 3.05) is 38.5 Å². The molecule has 0 radical (unpaired) electrons. The molecule has 4 rings (SSSR count). The molecule has 2 fully saturated rings. The number of rotatable bonds is 7. The van der Waals surface area contributed by atoms with E-state index in [2.05, 4.69) is 41.3 Å². The molecule has 0 spiro atoms. The van der Waals surface area contributed by atoms with Crippen LogP contribution >= 0.6 is 0 Å². The van der Waals surface area contributed by atoms with Gasteiger partial charge in [0.05, 0.1) is 11.2 Å². The third-order valence-electron chi connectivity index (χ3n) is 8.20. The first-order valence-corrected chi connectivity index (χ1v) is 14.2. The van der Waals surface area contributed by atoms with Crippen molar-refractivity contribution in [3.05, 3.63) is 52.6 Å². The summed E-state index contributed by atoms with van der Waals surface area (Å²) in [5, 5.41) is 2.70. The van der Waals surface area contributed by atoms with Gasteiger partial charge >= 0.3 is 11.7 Å². The van der Waals surface area contributed by atoms with Gasteiger partial charge < -0.3 is 26.2 Å². The maximum Gasteiger partial charge on any atom is 0.354 e. The van der Waals surface area contributed by atoms with Crippen LogP contribution in [0.4, 0.5) is 10.6 Å². The average molecular weight is 553 g/mol. The van der Waals surface area contributed by atoms with Crippen molar-refractivity contribution >= 4 is 17.8 Å². The van der Waals surface area contributed by atoms with Crippen LogP contribution in [0.1, 0.15) is 52.0 Å². The average Bonchev–Trinajstić information content (AvgIpc) is 2.93. The highest BCUT2D eigenvalue weighted by Gasteiger charge is 2.31. The second-order valence-electron chi connectivity index (χ2n) is 11.9. The molecule has 1 aliphatic carbocycles. The van der Waals surface area contributed by atoms with Gasteiger partial charge in [0.15, 0.2) is 0 Å². The van der Waals surface area contributed by atoms with Gasteiger partial charge in [-0.1, -0.05) is 12.1 Å². The largest absolute Gasteiger partial charge is 0.354 e. The number of nitrogens with one attached hydrogen (secondary N) is 1. The highest BCUT2D eigenvalue weighted by atomic mass is 16.2.